The second kappa shape index (κ2) is 12.4. The van der Waals surface area contributed by atoms with E-state index >= 15 is 0 Å². The number of aromatic nitrogens is 2. The van der Waals surface area contributed by atoms with Gasteiger partial charge in [-0.15, -0.1) is 0 Å². The van der Waals surface area contributed by atoms with Crippen molar-refractivity contribution < 1.29 is 9.84 Å². The van der Waals surface area contributed by atoms with Gasteiger partial charge in [0, 0.05) is 26.2 Å². The van der Waals surface area contributed by atoms with Gasteiger partial charge in [0.15, 0.2) is 0 Å². The first-order chi connectivity index (χ1) is 18.7. The number of hydrogen-bond donors (Lipinski definition) is 2. The Morgan fingerprint density at radius 1 is 0.684 bits per heavy atom. The van der Waals surface area contributed by atoms with Crippen molar-refractivity contribution in [1.82, 2.24) is 14.0 Å². The topological polar surface area (TPSA) is 66.4 Å². The van der Waals surface area contributed by atoms with Crippen LogP contribution in [0.2, 0.25) is 0 Å². The lowest BCUT2D eigenvalue weighted by Crippen LogP contribution is -2.34. The van der Waals surface area contributed by atoms with Gasteiger partial charge in [0.25, 0.3) is 0 Å². The van der Waals surface area contributed by atoms with Crippen LogP contribution in [0.5, 0.6) is 5.75 Å². The molecule has 0 radical (unpaired) electrons. The fourth-order valence-corrected chi connectivity index (χ4v) is 4.82. The molecular formula is C32H34N4O2. The number of aliphatic hydroxyl groups is 1. The summed E-state index contributed by atoms with van der Waals surface area (Å²) in [6.07, 6.45) is -0.740. The molecule has 1 heterocycles. The van der Waals surface area contributed by atoms with E-state index in [0.717, 1.165) is 36.4 Å². The van der Waals surface area contributed by atoms with Crippen LogP contribution in [0.3, 0.4) is 0 Å². The van der Waals surface area contributed by atoms with Gasteiger partial charge in [-0.1, -0.05) is 91.0 Å². The Kier molecular flexibility index (Phi) is 8.33. The Bertz CT molecular complexity index is 1440. The van der Waals surface area contributed by atoms with Crippen LogP contribution in [-0.2, 0) is 26.2 Å². The van der Waals surface area contributed by atoms with Crippen molar-refractivity contribution in [1.29, 1.82) is 5.41 Å². The molecule has 0 spiro atoms. The highest BCUT2D eigenvalue weighted by Crippen LogP contribution is 2.16. The summed E-state index contributed by atoms with van der Waals surface area (Å²) in [7, 11) is 0. The molecule has 0 amide bonds. The fraction of sp³-hybridized carbons (Fsp3) is 0.219. The second-order valence-electron chi connectivity index (χ2n) is 9.53. The van der Waals surface area contributed by atoms with Gasteiger partial charge in [-0.3, -0.25) is 10.3 Å². The molecule has 0 saturated heterocycles. The zero-order chi connectivity index (χ0) is 26.2. The van der Waals surface area contributed by atoms with Crippen molar-refractivity contribution in [2.24, 2.45) is 0 Å². The van der Waals surface area contributed by atoms with Gasteiger partial charge in [0.2, 0.25) is 5.62 Å². The van der Waals surface area contributed by atoms with Gasteiger partial charge >= 0.3 is 0 Å². The molecule has 2 N–H and O–H groups in total. The van der Waals surface area contributed by atoms with E-state index in [4.69, 9.17) is 10.1 Å². The third-order valence-corrected chi connectivity index (χ3v) is 6.69. The maximum atomic E-state index is 10.8. The Labute approximate surface area is 223 Å². The lowest BCUT2D eigenvalue weighted by atomic mass is 10.1. The minimum absolute atomic E-state index is 0.165. The first-order valence-electron chi connectivity index (χ1n) is 13.1. The first kappa shape index (κ1) is 25.5. The molecule has 0 aliphatic carbocycles. The maximum absolute atomic E-state index is 10.8. The van der Waals surface area contributed by atoms with E-state index < -0.39 is 6.10 Å². The molecule has 6 heteroatoms. The van der Waals surface area contributed by atoms with Gasteiger partial charge in [0.05, 0.1) is 17.6 Å². The van der Waals surface area contributed by atoms with Crippen molar-refractivity contribution in [3.05, 3.63) is 132 Å². The van der Waals surface area contributed by atoms with E-state index in [1.54, 1.807) is 0 Å². The highest BCUT2D eigenvalue weighted by molar-refractivity contribution is 5.75. The molecular weight excluding hydrogens is 472 g/mol. The molecule has 1 unspecified atom stereocenters. The highest BCUT2D eigenvalue weighted by Gasteiger charge is 2.16. The van der Waals surface area contributed by atoms with Crippen molar-refractivity contribution in [3.63, 3.8) is 0 Å². The third kappa shape index (κ3) is 6.40. The molecule has 0 bridgehead atoms. The van der Waals surface area contributed by atoms with E-state index in [0.29, 0.717) is 12.2 Å². The van der Waals surface area contributed by atoms with E-state index in [-0.39, 0.29) is 13.2 Å². The Morgan fingerprint density at radius 3 is 1.76 bits per heavy atom. The van der Waals surface area contributed by atoms with Crippen molar-refractivity contribution in [2.75, 3.05) is 13.2 Å². The SMILES string of the molecule is N=c1n(CCN(Cc2ccccc2)Cc2ccccc2)c2ccccc2n1CC(O)COc1ccccc1. The molecule has 1 aromatic heterocycles. The summed E-state index contributed by atoms with van der Waals surface area (Å²) >= 11 is 0. The van der Waals surface area contributed by atoms with Crippen LogP contribution in [0.15, 0.2) is 115 Å². The number of aliphatic hydroxyl groups excluding tert-OH is 1. The van der Waals surface area contributed by atoms with Gasteiger partial charge in [-0.25, -0.2) is 0 Å². The van der Waals surface area contributed by atoms with E-state index in [1.807, 2.05) is 69.8 Å². The van der Waals surface area contributed by atoms with Crippen LogP contribution in [0.1, 0.15) is 11.1 Å². The number of ether oxygens (including phenoxy) is 1. The number of para-hydroxylation sites is 3. The van der Waals surface area contributed by atoms with E-state index in [9.17, 15) is 5.11 Å². The summed E-state index contributed by atoms with van der Waals surface area (Å²) in [4.78, 5) is 2.42. The third-order valence-electron chi connectivity index (χ3n) is 6.69. The predicted octanol–water partition coefficient (Wildman–Crippen LogP) is 5.06. The molecule has 0 saturated carbocycles. The summed E-state index contributed by atoms with van der Waals surface area (Å²) in [6, 6.07) is 38.6. The second-order valence-corrected chi connectivity index (χ2v) is 9.53. The summed E-state index contributed by atoms with van der Waals surface area (Å²) in [6.45, 7) is 3.57. The number of hydrogen-bond acceptors (Lipinski definition) is 4. The Hall–Kier alpha value is -4.13. The van der Waals surface area contributed by atoms with Crippen molar-refractivity contribution in [2.45, 2.75) is 32.3 Å². The average molecular weight is 507 g/mol. The van der Waals surface area contributed by atoms with Crippen LogP contribution in [-0.4, -0.2) is 38.4 Å². The summed E-state index contributed by atoms with van der Waals surface area (Å²) in [5.41, 5.74) is 4.85. The predicted molar refractivity (Wildman–Crippen MR) is 151 cm³/mol. The van der Waals surface area contributed by atoms with Crippen LogP contribution in [0, 0.1) is 5.41 Å². The zero-order valence-electron chi connectivity index (χ0n) is 21.5. The van der Waals surface area contributed by atoms with Gasteiger partial charge < -0.3 is 19.0 Å². The van der Waals surface area contributed by atoms with Crippen LogP contribution in [0.4, 0.5) is 0 Å². The van der Waals surface area contributed by atoms with Gasteiger partial charge in [-0.2, -0.15) is 0 Å². The minimum Gasteiger partial charge on any atom is -0.491 e. The number of imidazole rings is 1. The monoisotopic (exact) mass is 506 g/mol. The number of nitrogens with one attached hydrogen (secondary N) is 1. The molecule has 38 heavy (non-hydrogen) atoms. The van der Waals surface area contributed by atoms with Crippen molar-refractivity contribution >= 4 is 11.0 Å². The van der Waals surface area contributed by atoms with Gasteiger partial charge in [-0.05, 0) is 35.4 Å². The van der Waals surface area contributed by atoms with E-state index in [1.165, 1.54) is 11.1 Å². The van der Waals surface area contributed by atoms with Crippen LogP contribution in [0.25, 0.3) is 11.0 Å². The smallest absolute Gasteiger partial charge is 0.203 e. The molecule has 5 rings (SSSR count). The quantitative estimate of drug-likeness (QED) is 0.248. The van der Waals surface area contributed by atoms with Crippen molar-refractivity contribution in [3.8, 4) is 5.75 Å². The molecule has 6 nitrogen and oxygen atoms in total. The number of benzene rings is 4. The zero-order valence-corrected chi connectivity index (χ0v) is 21.5. The lowest BCUT2D eigenvalue weighted by Gasteiger charge is -2.23. The number of rotatable bonds is 12. The average Bonchev–Trinajstić information content (AvgIpc) is 3.22. The van der Waals surface area contributed by atoms with Gasteiger partial charge in [0.1, 0.15) is 18.5 Å². The molecule has 4 aromatic carbocycles. The highest BCUT2D eigenvalue weighted by atomic mass is 16.5. The van der Waals surface area contributed by atoms with Crippen LogP contribution < -0.4 is 10.4 Å². The first-order valence-corrected chi connectivity index (χ1v) is 13.1. The normalized spacial score (nSPS) is 12.2. The number of nitrogens with zero attached hydrogens (tertiary/aromatic N) is 3. The Balaban J connectivity index is 1.34. The molecule has 0 aliphatic heterocycles. The minimum atomic E-state index is -0.740. The molecule has 194 valence electrons. The standard InChI is InChI=1S/C32H34N4O2/c33-32-35(21-20-34(22-26-12-4-1-5-13-26)23-27-14-6-2-7-15-27)30-18-10-11-19-31(30)36(32)24-28(37)25-38-29-16-8-3-9-17-29/h1-19,28,33,37H,20-25H2. The Morgan fingerprint density at radius 2 is 1.18 bits per heavy atom. The lowest BCUT2D eigenvalue weighted by molar-refractivity contribution is 0.0920. The maximum Gasteiger partial charge on any atom is 0.203 e. The summed E-state index contributed by atoms with van der Waals surface area (Å²) < 4.78 is 9.68. The summed E-state index contributed by atoms with van der Waals surface area (Å²) in [5, 5.41) is 19.8. The molecule has 0 fully saturated rings. The molecule has 5 aromatic rings. The molecule has 0 aliphatic rings. The fourth-order valence-electron chi connectivity index (χ4n) is 4.82. The van der Waals surface area contributed by atoms with Crippen LogP contribution >= 0.6 is 0 Å². The summed E-state index contributed by atoms with van der Waals surface area (Å²) in [5.74, 6) is 0.724. The molecule has 1 atom stereocenters. The largest absolute Gasteiger partial charge is 0.491 e. The number of fused-ring (bicyclic) bond motifs is 1. The van der Waals surface area contributed by atoms with E-state index in [2.05, 4.69) is 59.5 Å².